The van der Waals surface area contributed by atoms with E-state index in [0.29, 0.717) is 0 Å². The molecule has 0 aliphatic rings. The van der Waals surface area contributed by atoms with E-state index in [1.54, 1.807) is 0 Å². The monoisotopic (exact) mass is 195 g/mol. The van der Waals surface area contributed by atoms with Gasteiger partial charge in [0.15, 0.2) is 0 Å². The molecule has 1 aromatic rings. The lowest BCUT2D eigenvalue weighted by Gasteiger charge is -2.02. The van der Waals surface area contributed by atoms with Crippen molar-refractivity contribution in [3.63, 3.8) is 0 Å². The Bertz CT molecular complexity index is 324. The molecule has 3 heteroatoms. The van der Waals surface area contributed by atoms with Crippen molar-refractivity contribution in [1.29, 1.82) is 0 Å². The molecule has 1 rings (SSSR count). The second kappa shape index (κ2) is 3.42. The number of rotatable bonds is 0. The van der Waals surface area contributed by atoms with Gasteiger partial charge in [-0.15, -0.1) is 5.54 Å². The highest BCUT2D eigenvalue weighted by molar-refractivity contribution is 7.06. The molecular weight excluding hydrogens is 182 g/mol. The van der Waals surface area contributed by atoms with E-state index in [1.165, 1.54) is 11.5 Å². The molecule has 0 aliphatic heterocycles. The summed E-state index contributed by atoms with van der Waals surface area (Å²) < 4.78 is 4.17. The molecule has 1 heterocycles. The minimum atomic E-state index is -1.21. The first-order chi connectivity index (χ1) is 5.47. The smallest absolute Gasteiger partial charge is 0.129 e. The summed E-state index contributed by atoms with van der Waals surface area (Å²) in [6.07, 6.45) is 0. The van der Waals surface area contributed by atoms with Gasteiger partial charge < -0.3 is 0 Å². The Morgan fingerprint density at radius 3 is 2.50 bits per heavy atom. The summed E-state index contributed by atoms with van der Waals surface area (Å²) in [6.45, 7) is 8.73. The Labute approximate surface area is 79.0 Å². The fourth-order valence-corrected chi connectivity index (χ4v) is 1.89. The second-order valence-electron chi connectivity index (χ2n) is 3.83. The van der Waals surface area contributed by atoms with Gasteiger partial charge in [0.25, 0.3) is 0 Å². The third-order valence-electron chi connectivity index (χ3n) is 1.19. The van der Waals surface area contributed by atoms with E-state index in [9.17, 15) is 0 Å². The molecule has 0 fully saturated rings. The van der Waals surface area contributed by atoms with Crippen molar-refractivity contribution in [2.24, 2.45) is 0 Å². The van der Waals surface area contributed by atoms with Gasteiger partial charge in [0.05, 0.1) is 10.6 Å². The van der Waals surface area contributed by atoms with Gasteiger partial charge in [-0.25, -0.2) is 0 Å². The van der Waals surface area contributed by atoms with Crippen molar-refractivity contribution in [2.45, 2.75) is 26.6 Å². The molecule has 0 saturated heterocycles. The van der Waals surface area contributed by atoms with Crippen LogP contribution < -0.4 is 0 Å². The van der Waals surface area contributed by atoms with E-state index in [4.69, 9.17) is 0 Å². The first-order valence-corrected chi connectivity index (χ1v) is 8.21. The molecule has 0 radical (unpaired) electrons. The lowest BCUT2D eigenvalue weighted by Crippen LogP contribution is -2.16. The molecule has 1 aromatic heterocycles. The zero-order chi connectivity index (χ0) is 9.19. The van der Waals surface area contributed by atoms with Crippen LogP contribution in [-0.2, 0) is 0 Å². The Morgan fingerprint density at radius 1 is 1.42 bits per heavy atom. The summed E-state index contributed by atoms with van der Waals surface area (Å²) in [4.78, 5) is 1.09. The number of nitrogens with zero attached hydrogens (tertiary/aromatic N) is 1. The van der Waals surface area contributed by atoms with E-state index in [2.05, 4.69) is 35.5 Å². The van der Waals surface area contributed by atoms with Crippen molar-refractivity contribution >= 4 is 19.6 Å². The number of aryl methyl sites for hydroxylation is 1. The van der Waals surface area contributed by atoms with Gasteiger partial charge >= 0.3 is 0 Å². The highest BCUT2D eigenvalue weighted by atomic mass is 32.1. The number of hydrogen-bond donors (Lipinski definition) is 0. The lowest BCUT2D eigenvalue weighted by molar-refractivity contribution is 1.35. The van der Waals surface area contributed by atoms with Gasteiger partial charge in [-0.05, 0) is 24.5 Å². The molecule has 12 heavy (non-hydrogen) atoms. The van der Waals surface area contributed by atoms with Crippen molar-refractivity contribution < 1.29 is 0 Å². The molecule has 0 spiro atoms. The van der Waals surface area contributed by atoms with Crippen LogP contribution in [0.15, 0.2) is 6.07 Å². The Kier molecular flexibility index (Phi) is 2.71. The standard InChI is InChI=1S/C9H13NSSi/c1-8-7-9(11-10-8)5-6-12(2,3)4/h7H,1-4H3. The van der Waals surface area contributed by atoms with E-state index < -0.39 is 8.07 Å². The largest absolute Gasteiger partial charge is 0.197 e. The predicted molar refractivity (Wildman–Crippen MR) is 57.1 cm³/mol. The summed E-state index contributed by atoms with van der Waals surface area (Å²) in [5.41, 5.74) is 4.38. The summed E-state index contributed by atoms with van der Waals surface area (Å²) in [7, 11) is -1.21. The predicted octanol–water partition coefficient (Wildman–Crippen LogP) is 2.68. The highest BCUT2D eigenvalue weighted by Gasteiger charge is 2.07. The Balaban J connectivity index is 2.80. The first kappa shape index (κ1) is 9.49. The summed E-state index contributed by atoms with van der Waals surface area (Å²) in [6, 6.07) is 2.04. The van der Waals surface area contributed by atoms with Crippen molar-refractivity contribution in [3.8, 4) is 11.5 Å². The molecule has 0 N–H and O–H groups in total. The van der Waals surface area contributed by atoms with Crippen LogP contribution in [0.1, 0.15) is 10.6 Å². The zero-order valence-electron chi connectivity index (χ0n) is 7.93. The average Bonchev–Trinajstić information content (AvgIpc) is 2.30. The van der Waals surface area contributed by atoms with Crippen LogP contribution in [0.2, 0.25) is 19.6 Å². The van der Waals surface area contributed by atoms with Crippen LogP contribution in [0, 0.1) is 18.4 Å². The zero-order valence-corrected chi connectivity index (χ0v) is 9.75. The third-order valence-corrected chi connectivity index (χ3v) is 2.86. The van der Waals surface area contributed by atoms with Crippen LogP contribution in [0.4, 0.5) is 0 Å². The van der Waals surface area contributed by atoms with Gasteiger partial charge in [0, 0.05) is 0 Å². The Hall–Kier alpha value is -0.593. The first-order valence-electron chi connectivity index (χ1n) is 3.94. The molecule has 0 aromatic carbocycles. The van der Waals surface area contributed by atoms with Crippen LogP contribution in [0.3, 0.4) is 0 Å². The second-order valence-corrected chi connectivity index (χ2v) is 9.39. The Morgan fingerprint density at radius 2 is 2.08 bits per heavy atom. The maximum Gasteiger partial charge on any atom is 0.129 e. The van der Waals surface area contributed by atoms with Crippen LogP contribution >= 0.6 is 11.5 Å². The molecule has 0 atom stereocenters. The van der Waals surface area contributed by atoms with Gasteiger partial charge in [0.1, 0.15) is 8.07 Å². The maximum absolute atomic E-state index is 4.17. The van der Waals surface area contributed by atoms with Gasteiger partial charge in [0.2, 0.25) is 0 Å². The number of aromatic nitrogens is 1. The fourth-order valence-electron chi connectivity index (χ4n) is 0.672. The molecule has 1 nitrogen and oxygen atoms in total. The number of hydrogen-bond acceptors (Lipinski definition) is 2. The maximum atomic E-state index is 4.17. The van der Waals surface area contributed by atoms with Crippen molar-refractivity contribution in [1.82, 2.24) is 4.37 Å². The molecule has 0 saturated carbocycles. The minimum Gasteiger partial charge on any atom is -0.197 e. The van der Waals surface area contributed by atoms with E-state index >= 15 is 0 Å². The summed E-state index contributed by atoms with van der Waals surface area (Å²) in [5, 5.41) is 0. The normalized spacial score (nSPS) is 10.7. The fraction of sp³-hybridized carbons (Fsp3) is 0.444. The quantitative estimate of drug-likeness (QED) is 0.458. The summed E-state index contributed by atoms with van der Waals surface area (Å²) in [5.74, 6) is 3.17. The SMILES string of the molecule is Cc1cc(C#C[Si](C)(C)C)sn1. The molecule has 0 aliphatic carbocycles. The molecular formula is C9H13NSSi. The molecule has 64 valence electrons. The minimum absolute atomic E-state index is 1.07. The van der Waals surface area contributed by atoms with E-state index in [-0.39, 0.29) is 0 Å². The van der Waals surface area contributed by atoms with Crippen molar-refractivity contribution in [3.05, 3.63) is 16.6 Å². The highest BCUT2D eigenvalue weighted by Crippen LogP contribution is 2.07. The van der Waals surface area contributed by atoms with Crippen molar-refractivity contribution in [2.75, 3.05) is 0 Å². The van der Waals surface area contributed by atoms with Crippen LogP contribution in [0.5, 0.6) is 0 Å². The molecule has 0 unspecified atom stereocenters. The lowest BCUT2D eigenvalue weighted by atomic mass is 10.4. The third kappa shape index (κ3) is 3.20. The van der Waals surface area contributed by atoms with E-state index in [1.807, 2.05) is 13.0 Å². The van der Waals surface area contributed by atoms with E-state index in [0.717, 1.165) is 10.6 Å². The van der Waals surface area contributed by atoms with Gasteiger partial charge in [-0.1, -0.05) is 25.6 Å². The average molecular weight is 195 g/mol. The van der Waals surface area contributed by atoms with Gasteiger partial charge in [-0.3, -0.25) is 0 Å². The van der Waals surface area contributed by atoms with Crippen LogP contribution in [-0.4, -0.2) is 12.4 Å². The molecule has 0 amide bonds. The summed E-state index contributed by atoms with van der Waals surface area (Å²) >= 11 is 1.49. The topological polar surface area (TPSA) is 12.9 Å². The molecule has 0 bridgehead atoms. The van der Waals surface area contributed by atoms with Gasteiger partial charge in [-0.2, -0.15) is 4.37 Å². The van der Waals surface area contributed by atoms with Crippen LogP contribution in [0.25, 0.3) is 0 Å².